The Hall–Kier alpha value is -2.57. The molecule has 0 unspecified atom stereocenters. The van der Waals surface area contributed by atoms with Gasteiger partial charge in [0.15, 0.2) is 0 Å². The summed E-state index contributed by atoms with van der Waals surface area (Å²) in [5, 5.41) is 3.76. The summed E-state index contributed by atoms with van der Waals surface area (Å²) in [6.07, 6.45) is 0. The highest BCUT2D eigenvalue weighted by molar-refractivity contribution is 6.35. The number of carbonyl (C=O) groups is 1. The molecule has 2 N–H and O–H groups in total. The molecule has 0 aliphatic rings. The predicted octanol–water partition coefficient (Wildman–Crippen LogP) is 3.27. The van der Waals surface area contributed by atoms with E-state index in [9.17, 15) is 14.4 Å². The van der Waals surface area contributed by atoms with Crippen LogP contribution in [-0.2, 0) is 6.54 Å². The van der Waals surface area contributed by atoms with E-state index < -0.39 is 17.2 Å². The van der Waals surface area contributed by atoms with Crippen molar-refractivity contribution in [2.45, 2.75) is 13.5 Å². The molecule has 0 aliphatic heterocycles. The maximum Gasteiger partial charge on any atom is 0.328 e. The molecule has 6 nitrogen and oxygen atoms in total. The second-order valence-electron chi connectivity index (χ2n) is 5.32. The van der Waals surface area contributed by atoms with Crippen molar-refractivity contribution in [2.75, 3.05) is 5.32 Å². The summed E-state index contributed by atoms with van der Waals surface area (Å²) in [5.41, 5.74) is 0.0214. The Kier molecular flexibility index (Phi) is 4.65. The molecule has 0 saturated carbocycles. The second kappa shape index (κ2) is 6.74. The van der Waals surface area contributed by atoms with Gasteiger partial charge in [-0.1, -0.05) is 23.2 Å². The molecule has 3 aromatic rings. The SMILES string of the molecule is CCn1c(=O)[nH]c2cc(C(=O)Nc3cc(Cl)ccc3Cl)ccc2c1=O. The molecular weight excluding hydrogens is 365 g/mol. The van der Waals surface area contributed by atoms with E-state index in [-0.39, 0.29) is 12.1 Å². The van der Waals surface area contributed by atoms with Crippen molar-refractivity contribution in [3.8, 4) is 0 Å². The summed E-state index contributed by atoms with van der Waals surface area (Å²) in [4.78, 5) is 39.2. The fraction of sp³-hybridized carbons (Fsp3) is 0.118. The number of hydrogen-bond donors (Lipinski definition) is 2. The highest BCUT2D eigenvalue weighted by Crippen LogP contribution is 2.26. The van der Waals surface area contributed by atoms with E-state index >= 15 is 0 Å². The van der Waals surface area contributed by atoms with Crippen molar-refractivity contribution in [1.29, 1.82) is 0 Å². The van der Waals surface area contributed by atoms with Crippen LogP contribution in [0.1, 0.15) is 17.3 Å². The van der Waals surface area contributed by atoms with Gasteiger partial charge in [-0.05, 0) is 43.3 Å². The van der Waals surface area contributed by atoms with Gasteiger partial charge in [0.1, 0.15) is 0 Å². The van der Waals surface area contributed by atoms with E-state index in [1.54, 1.807) is 19.1 Å². The first-order valence-electron chi connectivity index (χ1n) is 7.44. The van der Waals surface area contributed by atoms with Crippen molar-refractivity contribution in [2.24, 2.45) is 0 Å². The molecule has 0 spiro atoms. The Morgan fingerprint density at radius 1 is 1.16 bits per heavy atom. The number of fused-ring (bicyclic) bond motifs is 1. The highest BCUT2D eigenvalue weighted by atomic mass is 35.5. The Bertz CT molecular complexity index is 1100. The summed E-state index contributed by atoms with van der Waals surface area (Å²) < 4.78 is 1.09. The quantitative estimate of drug-likeness (QED) is 0.734. The third-order valence-corrected chi connectivity index (χ3v) is 4.30. The minimum absolute atomic E-state index is 0.264. The van der Waals surface area contributed by atoms with E-state index in [4.69, 9.17) is 23.2 Å². The van der Waals surface area contributed by atoms with Crippen LogP contribution in [0.2, 0.25) is 10.0 Å². The van der Waals surface area contributed by atoms with Crippen molar-refractivity contribution in [1.82, 2.24) is 9.55 Å². The summed E-state index contributed by atoms with van der Waals surface area (Å²) in [6.45, 7) is 1.97. The zero-order valence-corrected chi connectivity index (χ0v) is 14.6. The normalized spacial score (nSPS) is 10.8. The van der Waals surface area contributed by atoms with Crippen molar-refractivity contribution in [3.05, 3.63) is 72.8 Å². The van der Waals surface area contributed by atoms with Gasteiger partial charge < -0.3 is 10.3 Å². The lowest BCUT2D eigenvalue weighted by molar-refractivity contribution is 0.102. The van der Waals surface area contributed by atoms with Crippen LogP contribution in [0.15, 0.2) is 46.0 Å². The zero-order valence-electron chi connectivity index (χ0n) is 13.1. The standard InChI is InChI=1S/C17H13Cl2N3O3/c1-2-22-16(24)11-5-3-9(7-13(11)21-17(22)25)15(23)20-14-8-10(18)4-6-12(14)19/h3-8H,2H2,1H3,(H,20,23)(H,21,25). The molecule has 3 rings (SSSR count). The van der Waals surface area contributed by atoms with Gasteiger partial charge in [0.25, 0.3) is 11.5 Å². The van der Waals surface area contributed by atoms with Gasteiger partial charge in [0.2, 0.25) is 0 Å². The van der Waals surface area contributed by atoms with Crippen LogP contribution >= 0.6 is 23.2 Å². The fourth-order valence-electron chi connectivity index (χ4n) is 2.47. The number of anilines is 1. The lowest BCUT2D eigenvalue weighted by atomic mass is 10.1. The molecule has 1 heterocycles. The molecular formula is C17H13Cl2N3O3. The molecule has 0 radical (unpaired) electrons. The summed E-state index contributed by atoms with van der Waals surface area (Å²) >= 11 is 11.9. The molecule has 128 valence electrons. The molecule has 1 amide bonds. The van der Waals surface area contributed by atoms with Gasteiger partial charge in [-0.2, -0.15) is 0 Å². The van der Waals surface area contributed by atoms with Gasteiger partial charge in [0.05, 0.1) is 21.6 Å². The van der Waals surface area contributed by atoms with Crippen molar-refractivity contribution < 1.29 is 4.79 Å². The molecule has 0 atom stereocenters. The molecule has 0 saturated heterocycles. The second-order valence-corrected chi connectivity index (χ2v) is 6.16. The summed E-state index contributed by atoms with van der Waals surface area (Å²) in [6, 6.07) is 9.18. The van der Waals surface area contributed by atoms with Crippen LogP contribution in [0.25, 0.3) is 10.9 Å². The average molecular weight is 378 g/mol. The van der Waals surface area contributed by atoms with Gasteiger partial charge in [-0.3, -0.25) is 14.2 Å². The number of carbonyl (C=O) groups excluding carboxylic acids is 1. The minimum atomic E-state index is -0.518. The molecule has 25 heavy (non-hydrogen) atoms. The predicted molar refractivity (Wildman–Crippen MR) is 98.9 cm³/mol. The van der Waals surface area contributed by atoms with E-state index in [1.165, 1.54) is 24.3 Å². The van der Waals surface area contributed by atoms with Crippen molar-refractivity contribution in [3.63, 3.8) is 0 Å². The lowest BCUT2D eigenvalue weighted by Crippen LogP contribution is -2.34. The molecule has 2 aromatic carbocycles. The first kappa shape index (κ1) is 17.3. The summed E-state index contributed by atoms with van der Waals surface area (Å²) in [5.74, 6) is -0.438. The maximum absolute atomic E-state index is 12.4. The fourth-order valence-corrected chi connectivity index (χ4v) is 2.81. The third kappa shape index (κ3) is 3.31. The Morgan fingerprint density at radius 2 is 1.92 bits per heavy atom. The third-order valence-electron chi connectivity index (χ3n) is 3.74. The number of H-pyrrole nitrogens is 1. The average Bonchev–Trinajstić information content (AvgIpc) is 2.58. The Labute approximate surface area is 152 Å². The molecule has 0 fully saturated rings. The van der Waals surface area contributed by atoms with Crippen LogP contribution in [0.5, 0.6) is 0 Å². The number of hydrogen-bond acceptors (Lipinski definition) is 3. The monoisotopic (exact) mass is 377 g/mol. The Balaban J connectivity index is 2.02. The number of amides is 1. The molecule has 8 heteroatoms. The lowest BCUT2D eigenvalue weighted by Gasteiger charge is -2.09. The van der Waals surface area contributed by atoms with Gasteiger partial charge in [0, 0.05) is 17.1 Å². The number of nitrogens with zero attached hydrogens (tertiary/aromatic N) is 1. The number of benzene rings is 2. The van der Waals surface area contributed by atoms with Gasteiger partial charge >= 0.3 is 5.69 Å². The summed E-state index contributed by atoms with van der Waals surface area (Å²) in [7, 11) is 0. The molecule has 0 bridgehead atoms. The Morgan fingerprint density at radius 3 is 2.64 bits per heavy atom. The van der Waals surface area contributed by atoms with Crippen LogP contribution < -0.4 is 16.6 Å². The van der Waals surface area contributed by atoms with Crippen LogP contribution in [0, 0.1) is 0 Å². The topological polar surface area (TPSA) is 84.0 Å². The van der Waals surface area contributed by atoms with Crippen LogP contribution in [0.4, 0.5) is 5.69 Å². The molecule has 0 aliphatic carbocycles. The van der Waals surface area contributed by atoms with Crippen LogP contribution in [0.3, 0.4) is 0 Å². The van der Waals surface area contributed by atoms with E-state index in [0.29, 0.717) is 26.6 Å². The van der Waals surface area contributed by atoms with Crippen LogP contribution in [-0.4, -0.2) is 15.5 Å². The first-order chi connectivity index (χ1) is 11.9. The highest BCUT2D eigenvalue weighted by Gasteiger charge is 2.12. The number of rotatable bonds is 3. The van der Waals surface area contributed by atoms with E-state index in [1.807, 2.05) is 0 Å². The van der Waals surface area contributed by atoms with Gasteiger partial charge in [-0.25, -0.2) is 4.79 Å². The van der Waals surface area contributed by atoms with E-state index in [0.717, 1.165) is 4.57 Å². The number of halogens is 2. The number of aromatic amines is 1. The largest absolute Gasteiger partial charge is 0.328 e. The zero-order chi connectivity index (χ0) is 18.1. The molecule has 1 aromatic heterocycles. The van der Waals surface area contributed by atoms with Gasteiger partial charge in [-0.15, -0.1) is 0 Å². The smallest absolute Gasteiger partial charge is 0.321 e. The number of nitrogens with one attached hydrogen (secondary N) is 2. The van der Waals surface area contributed by atoms with Crippen molar-refractivity contribution >= 4 is 45.7 Å². The first-order valence-corrected chi connectivity index (χ1v) is 8.19. The minimum Gasteiger partial charge on any atom is -0.321 e. The maximum atomic E-state index is 12.4. The number of aromatic nitrogens is 2. The van der Waals surface area contributed by atoms with E-state index in [2.05, 4.69) is 10.3 Å².